The third kappa shape index (κ3) is 7.57. The Morgan fingerprint density at radius 1 is 0.979 bits per heavy atom. The maximum Gasteiger partial charge on any atom is 0.255 e. The predicted molar refractivity (Wildman–Crippen MR) is 185 cm³/mol. The number of aromatic nitrogens is 3. The first-order chi connectivity index (χ1) is 22.7. The number of piperazine rings is 1. The summed E-state index contributed by atoms with van der Waals surface area (Å²) in [6.07, 6.45) is 7.96. The zero-order valence-corrected chi connectivity index (χ0v) is 27.7. The molecule has 0 spiro atoms. The molecule has 4 aromatic rings. The molecular weight excluding hydrogens is 590 g/mol. The van der Waals surface area contributed by atoms with Gasteiger partial charge in [-0.2, -0.15) is 5.10 Å². The molecule has 0 bridgehead atoms. The number of aliphatic hydroxyl groups is 1. The average Bonchev–Trinajstić information content (AvgIpc) is 3.73. The number of nitrogens with zero attached hydrogens (tertiary/aromatic N) is 5. The van der Waals surface area contributed by atoms with Crippen LogP contribution in [0.5, 0.6) is 0 Å². The van der Waals surface area contributed by atoms with Crippen molar-refractivity contribution in [1.29, 1.82) is 0 Å². The lowest BCUT2D eigenvalue weighted by atomic mass is 9.90. The van der Waals surface area contributed by atoms with Gasteiger partial charge in [-0.3, -0.25) is 19.3 Å². The number of pyridine rings is 1. The monoisotopic (exact) mass is 637 g/mol. The molecule has 1 aliphatic heterocycles. The number of nitrogens with one attached hydrogen (secondary N) is 1. The molecule has 3 heterocycles. The Bertz CT molecular complexity index is 1640. The van der Waals surface area contributed by atoms with E-state index in [0.29, 0.717) is 12.2 Å². The summed E-state index contributed by atoms with van der Waals surface area (Å²) < 4.78 is 8.06. The number of aryl methyl sites for hydroxylation is 1. The van der Waals surface area contributed by atoms with E-state index in [1.54, 1.807) is 23.1 Å². The number of anilines is 1. The van der Waals surface area contributed by atoms with E-state index in [0.717, 1.165) is 68.7 Å². The largest absolute Gasteiger partial charge is 0.395 e. The number of amides is 1. The van der Waals surface area contributed by atoms with Gasteiger partial charge in [-0.1, -0.05) is 48.5 Å². The highest BCUT2D eigenvalue weighted by Crippen LogP contribution is 2.31. The van der Waals surface area contributed by atoms with E-state index < -0.39 is 0 Å². The topological polar surface area (TPSA) is 122 Å². The number of hydrogen-bond acceptors (Lipinski definition) is 8. The van der Waals surface area contributed by atoms with Gasteiger partial charge in [0.15, 0.2) is 0 Å². The zero-order chi connectivity index (χ0) is 33.0. The second-order valence-electron chi connectivity index (χ2n) is 13.3. The van der Waals surface area contributed by atoms with Crippen molar-refractivity contribution in [3.05, 3.63) is 89.9 Å². The lowest BCUT2D eigenvalue weighted by molar-refractivity contribution is 0.0272. The number of nitrogen functional groups attached to an aromatic ring is 1. The number of β-amino-alcohol motifs (C(OH)–C–C–N with tert-alkyl or cyclic N) is 1. The molecule has 2 aliphatic rings. The average molecular weight is 638 g/mol. The Balaban J connectivity index is 1.03. The van der Waals surface area contributed by atoms with Crippen molar-refractivity contribution in [3.8, 4) is 22.3 Å². The summed E-state index contributed by atoms with van der Waals surface area (Å²) in [5.41, 5.74) is 12.8. The minimum Gasteiger partial charge on any atom is -0.395 e. The van der Waals surface area contributed by atoms with E-state index in [-0.39, 0.29) is 36.0 Å². The van der Waals surface area contributed by atoms with Crippen molar-refractivity contribution >= 4 is 11.7 Å². The van der Waals surface area contributed by atoms with Gasteiger partial charge in [-0.15, -0.1) is 0 Å². The highest BCUT2D eigenvalue weighted by atomic mass is 16.5. The highest BCUT2D eigenvalue weighted by molar-refractivity contribution is 5.99. The van der Waals surface area contributed by atoms with Crippen molar-refractivity contribution in [2.45, 2.75) is 57.4 Å². The third-order valence-electron chi connectivity index (χ3n) is 9.89. The Kier molecular flexibility index (Phi) is 10.0. The lowest BCUT2D eigenvalue weighted by Crippen LogP contribution is -2.53. The fraction of sp³-hybridized carbons (Fsp3) is 0.432. The fourth-order valence-electron chi connectivity index (χ4n) is 6.84. The molecule has 248 valence electrons. The Hall–Kier alpha value is -4.09. The molecule has 1 amide bonds. The van der Waals surface area contributed by atoms with E-state index in [1.165, 1.54) is 16.7 Å². The van der Waals surface area contributed by atoms with E-state index in [9.17, 15) is 9.90 Å². The number of aliphatic hydroxyl groups excluding tert-OH is 1. The lowest BCUT2D eigenvalue weighted by Gasteiger charge is -2.44. The summed E-state index contributed by atoms with van der Waals surface area (Å²) in [4.78, 5) is 22.4. The fourth-order valence-corrected chi connectivity index (χ4v) is 6.84. The smallest absolute Gasteiger partial charge is 0.255 e. The molecule has 4 N–H and O–H groups in total. The Morgan fingerprint density at radius 2 is 1.68 bits per heavy atom. The van der Waals surface area contributed by atoms with Crippen LogP contribution < -0.4 is 11.1 Å². The molecule has 2 atom stereocenters. The molecule has 1 saturated carbocycles. The van der Waals surface area contributed by atoms with Gasteiger partial charge in [0.2, 0.25) is 0 Å². The molecule has 0 radical (unpaired) electrons. The molecular formula is C37H47N7O3. The quantitative estimate of drug-likeness (QED) is 0.221. The van der Waals surface area contributed by atoms with Gasteiger partial charge in [0.25, 0.3) is 5.91 Å². The Morgan fingerprint density at radius 3 is 2.34 bits per heavy atom. The molecule has 47 heavy (non-hydrogen) atoms. The molecule has 2 aromatic carbocycles. The maximum absolute atomic E-state index is 13.3. The molecule has 10 heteroatoms. The highest BCUT2D eigenvalue weighted by Gasteiger charge is 2.32. The van der Waals surface area contributed by atoms with Crippen LogP contribution in [0.1, 0.15) is 54.6 Å². The molecule has 1 saturated heterocycles. The first-order valence-electron chi connectivity index (χ1n) is 16.7. The summed E-state index contributed by atoms with van der Waals surface area (Å²) in [7, 11) is 1.85. The molecule has 2 fully saturated rings. The van der Waals surface area contributed by atoms with E-state index in [1.807, 2.05) is 13.2 Å². The third-order valence-corrected chi connectivity index (χ3v) is 9.89. The van der Waals surface area contributed by atoms with Crippen LogP contribution >= 0.6 is 0 Å². The number of benzene rings is 2. The number of ether oxygens (including phenoxy) is 1. The minimum atomic E-state index is -0.236. The first kappa shape index (κ1) is 32.8. The van der Waals surface area contributed by atoms with Gasteiger partial charge < -0.3 is 20.9 Å². The minimum absolute atomic E-state index is 0.0595. The number of carbonyl (C=O) groups is 1. The van der Waals surface area contributed by atoms with Crippen LogP contribution in [0.3, 0.4) is 0 Å². The first-order valence-corrected chi connectivity index (χ1v) is 16.7. The summed E-state index contributed by atoms with van der Waals surface area (Å²) >= 11 is 0. The summed E-state index contributed by atoms with van der Waals surface area (Å²) in [5.74, 6) is -0.0296. The van der Waals surface area contributed by atoms with Crippen LogP contribution in [-0.2, 0) is 23.9 Å². The van der Waals surface area contributed by atoms with Crippen molar-refractivity contribution in [3.63, 3.8) is 0 Å². The van der Waals surface area contributed by atoms with E-state index >= 15 is 0 Å². The van der Waals surface area contributed by atoms with Gasteiger partial charge in [-0.05, 0) is 61.4 Å². The van der Waals surface area contributed by atoms with Gasteiger partial charge in [0, 0.05) is 68.8 Å². The molecule has 10 nitrogen and oxygen atoms in total. The van der Waals surface area contributed by atoms with E-state index in [2.05, 4.69) is 87.6 Å². The predicted octanol–water partition coefficient (Wildman–Crippen LogP) is 4.44. The van der Waals surface area contributed by atoms with Gasteiger partial charge >= 0.3 is 0 Å². The van der Waals surface area contributed by atoms with Gasteiger partial charge in [-0.25, -0.2) is 4.98 Å². The van der Waals surface area contributed by atoms with Crippen LogP contribution in [0, 0.1) is 0 Å². The van der Waals surface area contributed by atoms with Crippen LogP contribution in [0.4, 0.5) is 5.82 Å². The van der Waals surface area contributed by atoms with Crippen LogP contribution in [0.25, 0.3) is 22.3 Å². The second kappa shape index (κ2) is 14.4. The number of hydrogen-bond donors (Lipinski definition) is 3. The van der Waals surface area contributed by atoms with Crippen molar-refractivity contribution < 1.29 is 14.6 Å². The van der Waals surface area contributed by atoms with Crippen molar-refractivity contribution in [2.24, 2.45) is 7.05 Å². The normalized spacial score (nSPS) is 19.2. The zero-order valence-electron chi connectivity index (χ0n) is 27.7. The number of rotatable bonds is 11. The molecule has 0 unspecified atom stereocenters. The van der Waals surface area contributed by atoms with E-state index in [4.69, 9.17) is 10.5 Å². The molecule has 2 aromatic heterocycles. The number of nitrogens with two attached hydrogens (primary N) is 1. The molecule has 1 aliphatic carbocycles. The summed E-state index contributed by atoms with van der Waals surface area (Å²) in [6, 6.07) is 19.2. The van der Waals surface area contributed by atoms with Crippen LogP contribution in [0.15, 0.2) is 73.2 Å². The summed E-state index contributed by atoms with van der Waals surface area (Å²) in [6.45, 7) is 10.0. The standard InChI is InChI=1S/C37H47N7O3/c1-37(2,44-17-15-43(16-18-44)19-20-45)31-13-11-28(12-14-31)27-9-7-26(8-10-27)25-47-34-6-4-5-33(34)41-36(46)32-21-29(22-39-35(32)38)30-23-40-42(3)24-30/h7-14,21-24,33-34,45H,4-6,15-20,25H2,1-3H3,(H2,38,39)(H,41,46)/t33-,34-/m0/s1. The number of carbonyl (C=O) groups excluding carboxylic acids is 1. The van der Waals surface area contributed by atoms with Crippen LogP contribution in [-0.4, -0.2) is 87.1 Å². The maximum atomic E-state index is 13.3. The second-order valence-corrected chi connectivity index (χ2v) is 13.3. The van der Waals surface area contributed by atoms with Crippen molar-refractivity contribution in [1.82, 2.24) is 29.9 Å². The molecule has 6 rings (SSSR count). The van der Waals surface area contributed by atoms with Gasteiger partial charge in [0.1, 0.15) is 5.82 Å². The van der Waals surface area contributed by atoms with Crippen molar-refractivity contribution in [2.75, 3.05) is 45.1 Å². The van der Waals surface area contributed by atoms with Crippen LogP contribution in [0.2, 0.25) is 0 Å². The Labute approximate surface area is 277 Å². The summed E-state index contributed by atoms with van der Waals surface area (Å²) in [5, 5.41) is 16.6. The van der Waals surface area contributed by atoms with Gasteiger partial charge in [0.05, 0.1) is 37.1 Å². The SMILES string of the molecule is Cn1cc(-c2cnc(N)c(C(=O)N[C@H]3CCC[C@@H]3OCc3ccc(-c4ccc(C(C)(C)N5CCN(CCO)CC5)cc4)cc3)c2)cn1.